The van der Waals surface area contributed by atoms with Gasteiger partial charge in [0.2, 0.25) is 0 Å². The fraction of sp³-hybridized carbons (Fsp3) is 0.583. The molecule has 9 nitrogen and oxygen atoms in total. The topological polar surface area (TPSA) is 82.9 Å². The van der Waals surface area contributed by atoms with Gasteiger partial charge in [-0.05, 0) is 107 Å². The fourth-order valence-corrected chi connectivity index (χ4v) is 6.85. The van der Waals surface area contributed by atoms with Crippen LogP contribution in [0.5, 0.6) is 0 Å². The summed E-state index contributed by atoms with van der Waals surface area (Å²) in [5, 5.41) is 8.29. The number of benzene rings is 2. The number of likely N-dealkylation sites (tertiary alicyclic amines) is 2. The number of alkyl carbamates (subject to hydrolysis) is 1. The Balaban J connectivity index is 1.29. The summed E-state index contributed by atoms with van der Waals surface area (Å²) in [5.74, 6) is -0.979. The normalized spacial score (nSPS) is 18.3. The Hall–Kier alpha value is -3.64. The number of ether oxygens (including phenoxy) is 1. The van der Waals surface area contributed by atoms with Gasteiger partial charge in [-0.3, -0.25) is 9.48 Å². The van der Waals surface area contributed by atoms with Crippen LogP contribution in [0.15, 0.2) is 36.5 Å². The smallest absolute Gasteiger partial charge is 0.407 e. The lowest BCUT2D eigenvalue weighted by Gasteiger charge is -2.33. The lowest BCUT2D eigenvalue weighted by atomic mass is 9.90. The van der Waals surface area contributed by atoms with E-state index in [9.17, 15) is 22.8 Å². The van der Waals surface area contributed by atoms with Crippen LogP contribution in [-0.4, -0.2) is 106 Å². The number of hydrogen-bond acceptors (Lipinski definition) is 6. The highest BCUT2D eigenvalue weighted by Crippen LogP contribution is 2.37. The molecule has 5 rings (SSSR count). The van der Waals surface area contributed by atoms with Crippen molar-refractivity contribution in [3.8, 4) is 11.1 Å². The lowest BCUT2D eigenvalue weighted by molar-refractivity contribution is 0.0472. The van der Waals surface area contributed by atoms with Gasteiger partial charge in [-0.1, -0.05) is 6.07 Å². The quantitative estimate of drug-likeness (QED) is 0.274. The molecule has 0 spiro atoms. The lowest BCUT2D eigenvalue weighted by Crippen LogP contribution is -2.47. The van der Waals surface area contributed by atoms with Crippen LogP contribution in [0.4, 0.5) is 18.0 Å². The number of nitrogens with zero attached hydrogens (tertiary/aromatic N) is 5. The maximum Gasteiger partial charge on any atom is 0.407 e. The first-order chi connectivity index (χ1) is 22.7. The second kappa shape index (κ2) is 14.9. The Kier molecular flexibility index (Phi) is 11.0. The van der Waals surface area contributed by atoms with Crippen LogP contribution in [0.2, 0.25) is 0 Å². The van der Waals surface area contributed by atoms with Crippen LogP contribution in [-0.2, 0) is 11.8 Å². The summed E-state index contributed by atoms with van der Waals surface area (Å²) in [6, 6.07) is 7.88. The highest BCUT2D eigenvalue weighted by molar-refractivity contribution is 6.05. The second-order valence-corrected chi connectivity index (χ2v) is 14.5. The minimum absolute atomic E-state index is 0.0600. The van der Waals surface area contributed by atoms with Crippen LogP contribution in [0, 0.1) is 5.82 Å². The highest BCUT2D eigenvalue weighted by atomic mass is 19.3. The van der Waals surface area contributed by atoms with Gasteiger partial charge in [0.05, 0.1) is 23.8 Å². The van der Waals surface area contributed by atoms with Gasteiger partial charge in [0.1, 0.15) is 11.4 Å². The third-order valence-electron chi connectivity index (χ3n) is 9.39. The zero-order chi connectivity index (χ0) is 34.7. The van der Waals surface area contributed by atoms with Crippen molar-refractivity contribution in [3.05, 3.63) is 53.5 Å². The van der Waals surface area contributed by atoms with Crippen LogP contribution in [0.1, 0.15) is 75.7 Å². The van der Waals surface area contributed by atoms with Crippen molar-refractivity contribution < 1.29 is 27.5 Å². The molecule has 2 aromatic carbocycles. The largest absolute Gasteiger partial charge is 0.444 e. The Labute approximate surface area is 281 Å². The van der Waals surface area contributed by atoms with E-state index in [1.165, 1.54) is 6.07 Å². The Morgan fingerprint density at radius 2 is 1.71 bits per heavy atom. The van der Waals surface area contributed by atoms with Gasteiger partial charge in [0, 0.05) is 57.2 Å². The Morgan fingerprint density at radius 3 is 2.38 bits per heavy atom. The monoisotopic (exact) mass is 670 g/mol. The van der Waals surface area contributed by atoms with E-state index in [0.717, 1.165) is 91.5 Å². The molecule has 1 N–H and O–H groups in total. The maximum absolute atomic E-state index is 14.6. The standard InChI is InChI=1S/C36H49F3N6O3/c1-23(2)45(22-33(38)39)34(46)30-19-26(37)7-8-28(30)29-17-25(18-32-31(29)20-40-42(32)6)24-9-12-44(21-24)16-15-43-13-10-27(11-14-43)41-35(47)48-36(3,4)5/h7-8,17-20,23-24,27,33H,9-16,21-22H2,1-6H3,(H,41,47). The van der Waals surface area contributed by atoms with Crippen molar-refractivity contribution in [1.82, 2.24) is 29.8 Å². The van der Waals surface area contributed by atoms with Crippen molar-refractivity contribution in [2.24, 2.45) is 7.05 Å². The number of carbonyl (C=O) groups is 2. The van der Waals surface area contributed by atoms with Crippen molar-refractivity contribution in [3.63, 3.8) is 0 Å². The zero-order valence-electron chi connectivity index (χ0n) is 28.9. The fourth-order valence-electron chi connectivity index (χ4n) is 6.85. The van der Waals surface area contributed by atoms with Crippen molar-refractivity contribution in [1.29, 1.82) is 0 Å². The molecular formula is C36H49F3N6O3. The summed E-state index contributed by atoms with van der Waals surface area (Å²) in [4.78, 5) is 31.9. The molecule has 1 atom stereocenters. The maximum atomic E-state index is 14.6. The predicted octanol–water partition coefficient (Wildman–Crippen LogP) is 6.27. The molecule has 3 aromatic rings. The molecule has 1 unspecified atom stereocenters. The van der Waals surface area contributed by atoms with E-state index >= 15 is 0 Å². The van der Waals surface area contributed by atoms with Crippen molar-refractivity contribution >= 4 is 22.9 Å². The summed E-state index contributed by atoms with van der Waals surface area (Å²) in [6.07, 6.45) is 1.41. The summed E-state index contributed by atoms with van der Waals surface area (Å²) in [5.41, 5.74) is 2.78. The van der Waals surface area contributed by atoms with Gasteiger partial charge >= 0.3 is 6.09 Å². The first-order valence-corrected chi connectivity index (χ1v) is 17.0. The number of halogens is 3. The van der Waals surface area contributed by atoms with E-state index in [2.05, 4.69) is 32.3 Å². The Bertz CT molecular complexity index is 1600. The predicted molar refractivity (Wildman–Crippen MR) is 181 cm³/mol. The number of alkyl halides is 2. The molecule has 2 saturated heterocycles. The Morgan fingerprint density at radius 1 is 1.02 bits per heavy atom. The first kappa shape index (κ1) is 35.7. The number of aromatic nitrogens is 2. The summed E-state index contributed by atoms with van der Waals surface area (Å²) in [6.45, 7) is 13.8. The molecule has 0 radical (unpaired) electrons. The SMILES string of the molecule is CC(C)N(CC(F)F)C(=O)c1cc(F)ccc1-c1cc(C2CCN(CCN3CCC(NC(=O)OC(C)(C)C)CC3)C2)cc2c1cnn2C. The number of aryl methyl sites for hydroxylation is 1. The molecule has 48 heavy (non-hydrogen) atoms. The molecule has 2 aliphatic rings. The number of amides is 2. The minimum Gasteiger partial charge on any atom is -0.444 e. The van der Waals surface area contributed by atoms with E-state index in [-0.39, 0.29) is 23.6 Å². The van der Waals surface area contributed by atoms with Crippen LogP contribution >= 0.6 is 0 Å². The molecule has 0 saturated carbocycles. The number of piperidine rings is 1. The third-order valence-corrected chi connectivity index (χ3v) is 9.39. The average Bonchev–Trinajstić information content (AvgIpc) is 3.64. The molecule has 262 valence electrons. The van der Waals surface area contributed by atoms with Gasteiger partial charge < -0.3 is 24.8 Å². The van der Waals surface area contributed by atoms with E-state index in [1.807, 2.05) is 27.8 Å². The van der Waals surface area contributed by atoms with E-state index in [1.54, 1.807) is 30.8 Å². The van der Waals surface area contributed by atoms with Crippen LogP contribution in [0.25, 0.3) is 22.0 Å². The molecule has 3 heterocycles. The van der Waals surface area contributed by atoms with Gasteiger partial charge in [-0.15, -0.1) is 0 Å². The molecule has 2 amide bonds. The first-order valence-electron chi connectivity index (χ1n) is 17.0. The van der Waals surface area contributed by atoms with Gasteiger partial charge in [-0.25, -0.2) is 18.0 Å². The number of hydrogen-bond donors (Lipinski definition) is 1. The zero-order valence-corrected chi connectivity index (χ0v) is 28.9. The molecule has 2 fully saturated rings. The minimum atomic E-state index is -2.71. The summed E-state index contributed by atoms with van der Waals surface area (Å²) in [7, 11) is 1.86. The van der Waals surface area contributed by atoms with Gasteiger partial charge in [0.25, 0.3) is 12.3 Å². The molecule has 1 aromatic heterocycles. The summed E-state index contributed by atoms with van der Waals surface area (Å²) >= 11 is 0. The number of carbonyl (C=O) groups excluding carboxylic acids is 2. The molecule has 12 heteroatoms. The van der Waals surface area contributed by atoms with Crippen molar-refractivity contribution in [2.75, 3.05) is 45.8 Å². The second-order valence-electron chi connectivity index (χ2n) is 14.5. The van der Waals surface area contributed by atoms with Gasteiger partial charge in [-0.2, -0.15) is 5.10 Å². The molecular weight excluding hydrogens is 621 g/mol. The highest BCUT2D eigenvalue weighted by Gasteiger charge is 2.30. The molecule has 0 aliphatic carbocycles. The summed E-state index contributed by atoms with van der Waals surface area (Å²) < 4.78 is 48.7. The van der Waals surface area contributed by atoms with E-state index < -0.39 is 36.3 Å². The van der Waals surface area contributed by atoms with Crippen LogP contribution in [0.3, 0.4) is 0 Å². The van der Waals surface area contributed by atoms with Crippen molar-refractivity contribution in [2.45, 2.75) is 83.9 Å². The van der Waals surface area contributed by atoms with E-state index in [0.29, 0.717) is 5.56 Å². The number of fused-ring (bicyclic) bond motifs is 1. The number of rotatable bonds is 10. The molecule has 0 bridgehead atoms. The average molecular weight is 671 g/mol. The molecule has 2 aliphatic heterocycles. The van der Waals surface area contributed by atoms with Crippen LogP contribution < -0.4 is 5.32 Å². The third kappa shape index (κ3) is 8.68. The number of nitrogens with one attached hydrogen (secondary N) is 1. The van der Waals surface area contributed by atoms with Gasteiger partial charge in [0.15, 0.2) is 0 Å². The van der Waals surface area contributed by atoms with E-state index in [4.69, 9.17) is 4.74 Å².